The third kappa shape index (κ3) is 3.96. The van der Waals surface area contributed by atoms with E-state index in [1.54, 1.807) is 23.9 Å². The number of aliphatic imine (C=N–C) groups is 1. The Kier molecular flexibility index (Phi) is 4.78. The highest BCUT2D eigenvalue weighted by Gasteiger charge is 2.42. The van der Waals surface area contributed by atoms with Crippen LogP contribution in [0.15, 0.2) is 40.9 Å². The van der Waals surface area contributed by atoms with Gasteiger partial charge in [-0.1, -0.05) is 51.2 Å². The van der Waals surface area contributed by atoms with Crippen LogP contribution in [0.4, 0.5) is 0 Å². The molecule has 1 aliphatic rings. The lowest BCUT2D eigenvalue weighted by atomic mass is 10.1. The highest BCUT2D eigenvalue weighted by Crippen LogP contribution is 2.40. The summed E-state index contributed by atoms with van der Waals surface area (Å²) < 4.78 is 6.40. The van der Waals surface area contributed by atoms with E-state index in [2.05, 4.69) is 45.4 Å². The number of phenolic OH excluding ortho intramolecular Hbond substituents is 1. The van der Waals surface area contributed by atoms with Crippen LogP contribution in [-0.2, 0) is 10.8 Å². The largest absolute Gasteiger partial charge is 0.533 e. The predicted molar refractivity (Wildman–Crippen MR) is 98.0 cm³/mol. The van der Waals surface area contributed by atoms with E-state index in [1.807, 2.05) is 12.1 Å². The van der Waals surface area contributed by atoms with Gasteiger partial charge in [0.05, 0.1) is 10.3 Å². The van der Waals surface area contributed by atoms with Gasteiger partial charge in [0.25, 0.3) is 8.32 Å². The molecule has 0 saturated carbocycles. The fourth-order valence-electron chi connectivity index (χ4n) is 1.91. The molecule has 2 rings (SSSR count). The van der Waals surface area contributed by atoms with Crippen LogP contribution in [-0.4, -0.2) is 24.6 Å². The smallest absolute Gasteiger partial charge is 0.252 e. The maximum atomic E-state index is 9.39. The second-order valence-electron chi connectivity index (χ2n) is 7.18. The molecule has 3 nitrogen and oxygen atoms in total. The minimum Gasteiger partial charge on any atom is -0.533 e. The summed E-state index contributed by atoms with van der Waals surface area (Å²) in [6.45, 7) is 15.1. The molecule has 1 N–H and O–H groups in total. The third-order valence-corrected chi connectivity index (χ3v) is 9.66. The fourth-order valence-corrected chi connectivity index (χ4v) is 3.96. The molecule has 0 aromatic heterocycles. The van der Waals surface area contributed by atoms with Gasteiger partial charge in [-0.3, -0.25) is 0 Å². The van der Waals surface area contributed by atoms with Crippen molar-refractivity contribution in [3.8, 4) is 5.75 Å². The van der Waals surface area contributed by atoms with Crippen LogP contribution in [0.5, 0.6) is 5.75 Å². The lowest BCUT2D eigenvalue weighted by Gasteiger charge is -2.37. The normalized spacial score (nSPS) is 19.2. The van der Waals surface area contributed by atoms with Crippen molar-refractivity contribution in [2.75, 3.05) is 0 Å². The van der Waals surface area contributed by atoms with E-state index in [4.69, 9.17) is 4.43 Å². The van der Waals surface area contributed by atoms with E-state index < -0.39 is 8.32 Å². The zero-order chi connectivity index (χ0) is 16.5. The Morgan fingerprint density at radius 2 is 1.86 bits per heavy atom. The molecule has 22 heavy (non-hydrogen) atoms. The van der Waals surface area contributed by atoms with E-state index in [-0.39, 0.29) is 10.3 Å². The predicted octanol–water partition coefficient (Wildman–Crippen LogP) is 4.94. The van der Waals surface area contributed by atoms with Crippen molar-refractivity contribution in [2.45, 2.75) is 50.6 Å². The van der Waals surface area contributed by atoms with E-state index in [0.29, 0.717) is 5.75 Å². The molecule has 1 unspecified atom stereocenters. The highest BCUT2D eigenvalue weighted by molar-refractivity contribution is 8.04. The Hall–Kier alpha value is -1.20. The summed E-state index contributed by atoms with van der Waals surface area (Å²) in [7, 11) is -1.89. The fraction of sp³-hybridized carbons (Fsp3) is 0.471. The van der Waals surface area contributed by atoms with Crippen LogP contribution < -0.4 is 0 Å². The van der Waals surface area contributed by atoms with Gasteiger partial charge in [0.1, 0.15) is 5.75 Å². The first-order chi connectivity index (χ1) is 10.1. The van der Waals surface area contributed by atoms with Crippen molar-refractivity contribution in [1.82, 2.24) is 0 Å². The molecular formula is C17H25NO2SSi. The first kappa shape index (κ1) is 17.2. The molecule has 1 atom stereocenters. The average molecular weight is 336 g/mol. The van der Waals surface area contributed by atoms with Crippen LogP contribution in [0.25, 0.3) is 0 Å². The van der Waals surface area contributed by atoms with Crippen LogP contribution in [0.2, 0.25) is 18.1 Å². The van der Waals surface area contributed by atoms with Gasteiger partial charge < -0.3 is 9.53 Å². The number of nitrogens with zero attached hydrogens (tertiary/aromatic N) is 1. The molecule has 0 amide bonds. The molecule has 0 spiro atoms. The number of hydrogen-bond donors (Lipinski definition) is 1. The van der Waals surface area contributed by atoms with Gasteiger partial charge in [0.2, 0.25) is 0 Å². The topological polar surface area (TPSA) is 41.8 Å². The van der Waals surface area contributed by atoms with Crippen LogP contribution in [0.3, 0.4) is 0 Å². The zero-order valence-electron chi connectivity index (χ0n) is 14.0. The number of hydrogen-bond acceptors (Lipinski definition) is 4. The van der Waals surface area contributed by atoms with E-state index in [9.17, 15) is 5.11 Å². The quantitative estimate of drug-likeness (QED) is 0.795. The minimum atomic E-state index is -1.89. The van der Waals surface area contributed by atoms with Gasteiger partial charge in [0, 0.05) is 0 Å². The van der Waals surface area contributed by atoms with Gasteiger partial charge in [-0.15, -0.1) is 0 Å². The van der Waals surface area contributed by atoms with E-state index in [0.717, 1.165) is 22.9 Å². The zero-order valence-corrected chi connectivity index (χ0v) is 15.8. The second kappa shape index (κ2) is 6.12. The summed E-state index contributed by atoms with van der Waals surface area (Å²) in [5.41, 5.74) is 1.16. The Labute approximate surface area is 138 Å². The maximum absolute atomic E-state index is 9.39. The Morgan fingerprint density at radius 3 is 2.41 bits per heavy atom. The molecular weight excluding hydrogens is 310 g/mol. The SMILES string of the molecule is C=C1N=C(O[Si](C)(C)C(C)(C)C)C(Cc2ccc(O)cc2)S1. The molecule has 1 heterocycles. The van der Waals surface area contributed by atoms with Gasteiger partial charge in [0.15, 0.2) is 5.90 Å². The van der Waals surface area contributed by atoms with Gasteiger partial charge in [-0.05, 0) is 42.2 Å². The van der Waals surface area contributed by atoms with Crippen molar-refractivity contribution in [3.05, 3.63) is 41.4 Å². The first-order valence-electron chi connectivity index (χ1n) is 7.49. The third-order valence-electron chi connectivity index (χ3n) is 4.31. The Morgan fingerprint density at radius 1 is 1.27 bits per heavy atom. The molecule has 0 aliphatic carbocycles. The summed E-state index contributed by atoms with van der Waals surface area (Å²) in [6, 6.07) is 7.33. The molecule has 120 valence electrons. The number of benzene rings is 1. The van der Waals surface area contributed by atoms with Crippen LogP contribution >= 0.6 is 11.8 Å². The monoisotopic (exact) mass is 335 g/mol. The summed E-state index contributed by atoms with van der Waals surface area (Å²) in [5, 5.41) is 10.5. The molecule has 0 fully saturated rings. The van der Waals surface area contributed by atoms with Crippen molar-refractivity contribution >= 4 is 26.0 Å². The van der Waals surface area contributed by atoms with Gasteiger partial charge in [-0.2, -0.15) is 0 Å². The summed E-state index contributed by atoms with van der Waals surface area (Å²) in [6.07, 6.45) is 0.831. The summed E-state index contributed by atoms with van der Waals surface area (Å²) in [5.74, 6) is 1.10. The van der Waals surface area contributed by atoms with Crippen molar-refractivity contribution in [2.24, 2.45) is 4.99 Å². The minimum absolute atomic E-state index is 0.146. The molecule has 0 bridgehead atoms. The van der Waals surface area contributed by atoms with Crippen LogP contribution in [0.1, 0.15) is 26.3 Å². The van der Waals surface area contributed by atoms with Crippen molar-refractivity contribution in [3.63, 3.8) is 0 Å². The lowest BCUT2D eigenvalue weighted by molar-refractivity contribution is 0.474. The Bertz CT molecular complexity index is 588. The lowest BCUT2D eigenvalue weighted by Crippen LogP contribution is -2.44. The average Bonchev–Trinajstić information content (AvgIpc) is 2.70. The standard InChI is InChI=1S/C17H25NO2SSi/c1-12-18-16(20-22(5,6)17(2,3)4)15(21-12)11-13-7-9-14(19)10-8-13/h7-10,15,19H,1,11H2,2-6H3. The van der Waals surface area contributed by atoms with Crippen molar-refractivity contribution in [1.29, 1.82) is 0 Å². The number of thioether (sulfide) groups is 1. The summed E-state index contributed by atoms with van der Waals surface area (Å²) in [4.78, 5) is 4.53. The first-order valence-corrected chi connectivity index (χ1v) is 11.3. The molecule has 1 aromatic carbocycles. The molecule has 0 saturated heterocycles. The maximum Gasteiger partial charge on any atom is 0.252 e. The van der Waals surface area contributed by atoms with E-state index in [1.165, 1.54) is 0 Å². The van der Waals surface area contributed by atoms with Gasteiger partial charge >= 0.3 is 0 Å². The second-order valence-corrected chi connectivity index (χ2v) is 13.2. The molecule has 0 radical (unpaired) electrons. The molecule has 5 heteroatoms. The Balaban J connectivity index is 2.14. The van der Waals surface area contributed by atoms with Crippen LogP contribution in [0, 0.1) is 0 Å². The molecule has 1 aliphatic heterocycles. The summed E-state index contributed by atoms with van der Waals surface area (Å²) >= 11 is 1.66. The number of phenols is 1. The van der Waals surface area contributed by atoms with Gasteiger partial charge in [-0.25, -0.2) is 4.99 Å². The molecule has 1 aromatic rings. The van der Waals surface area contributed by atoms with E-state index >= 15 is 0 Å². The van der Waals surface area contributed by atoms with Crippen molar-refractivity contribution < 1.29 is 9.53 Å². The number of rotatable bonds is 3. The number of aromatic hydroxyl groups is 1. The highest BCUT2D eigenvalue weighted by atomic mass is 32.2.